The second-order valence-corrected chi connectivity index (χ2v) is 3.34. The Kier molecular flexibility index (Phi) is 8.10. The minimum Gasteiger partial charge on any atom is -0.451 e. The molecule has 0 aromatic carbocycles. The van der Waals surface area contributed by atoms with Crippen LogP contribution in [0, 0.1) is 0 Å². The van der Waals surface area contributed by atoms with Gasteiger partial charge >= 0.3 is 17.9 Å². The summed E-state index contributed by atoms with van der Waals surface area (Å²) in [5, 5.41) is 0. The van der Waals surface area contributed by atoms with Gasteiger partial charge in [0.1, 0.15) is 0 Å². The number of ketones is 1. The van der Waals surface area contributed by atoms with Crippen molar-refractivity contribution < 1.29 is 38.1 Å². The van der Waals surface area contributed by atoms with Gasteiger partial charge in [0.15, 0.2) is 19.5 Å². The van der Waals surface area contributed by atoms with E-state index in [9.17, 15) is 19.2 Å². The highest BCUT2D eigenvalue weighted by Crippen LogP contribution is 1.97. The number of carbonyl (C=O) groups is 4. The van der Waals surface area contributed by atoms with E-state index in [1.807, 2.05) is 0 Å². The van der Waals surface area contributed by atoms with Crippen LogP contribution in [0.2, 0.25) is 0 Å². The zero-order chi connectivity index (χ0) is 14.8. The first-order chi connectivity index (χ1) is 8.88. The SMILES string of the molecule is CCOCOC(=O)COC(=O)C(C)OC(=O)C(C)=O. The van der Waals surface area contributed by atoms with Gasteiger partial charge in [0.2, 0.25) is 5.78 Å². The Bertz CT molecular complexity index is 349. The third-order valence-electron chi connectivity index (χ3n) is 1.74. The van der Waals surface area contributed by atoms with Crippen LogP contribution in [0.3, 0.4) is 0 Å². The summed E-state index contributed by atoms with van der Waals surface area (Å²) in [7, 11) is 0. The van der Waals surface area contributed by atoms with Gasteiger partial charge in [0, 0.05) is 13.5 Å². The summed E-state index contributed by atoms with van der Waals surface area (Å²) in [6.07, 6.45) is -1.28. The molecule has 0 amide bonds. The highest BCUT2D eigenvalue weighted by Gasteiger charge is 2.22. The van der Waals surface area contributed by atoms with Crippen molar-refractivity contribution in [2.75, 3.05) is 20.0 Å². The molecule has 1 unspecified atom stereocenters. The average Bonchev–Trinajstić information content (AvgIpc) is 2.35. The molecule has 0 aliphatic carbocycles. The molecule has 0 spiro atoms. The molecule has 1 atom stereocenters. The summed E-state index contributed by atoms with van der Waals surface area (Å²) in [6.45, 7) is 3.46. The molecule has 0 aromatic rings. The molecule has 0 bridgehead atoms. The van der Waals surface area contributed by atoms with Crippen molar-refractivity contribution in [2.24, 2.45) is 0 Å². The fourth-order valence-corrected chi connectivity index (χ4v) is 0.771. The van der Waals surface area contributed by atoms with Crippen molar-refractivity contribution in [3.63, 3.8) is 0 Å². The third kappa shape index (κ3) is 7.87. The second-order valence-electron chi connectivity index (χ2n) is 3.34. The van der Waals surface area contributed by atoms with Gasteiger partial charge in [-0.05, 0) is 13.8 Å². The van der Waals surface area contributed by atoms with Gasteiger partial charge in [-0.1, -0.05) is 0 Å². The fraction of sp³-hybridized carbons (Fsp3) is 0.636. The van der Waals surface area contributed by atoms with E-state index in [0.29, 0.717) is 6.61 Å². The summed E-state index contributed by atoms with van der Waals surface area (Å²) >= 11 is 0. The maximum Gasteiger partial charge on any atom is 0.375 e. The summed E-state index contributed by atoms with van der Waals surface area (Å²) in [5.41, 5.74) is 0. The molecule has 8 heteroatoms. The number of hydrogen-bond donors (Lipinski definition) is 0. The topological polar surface area (TPSA) is 105 Å². The molecule has 0 aromatic heterocycles. The van der Waals surface area contributed by atoms with E-state index in [0.717, 1.165) is 6.92 Å². The van der Waals surface area contributed by atoms with E-state index < -0.39 is 36.4 Å². The van der Waals surface area contributed by atoms with Crippen LogP contribution in [0.25, 0.3) is 0 Å². The first-order valence-electron chi connectivity index (χ1n) is 5.50. The minimum atomic E-state index is -1.28. The van der Waals surface area contributed by atoms with Crippen LogP contribution in [0.15, 0.2) is 0 Å². The van der Waals surface area contributed by atoms with Gasteiger partial charge in [-0.3, -0.25) is 4.79 Å². The van der Waals surface area contributed by atoms with E-state index in [-0.39, 0.29) is 6.79 Å². The fourth-order valence-electron chi connectivity index (χ4n) is 0.771. The number of rotatable bonds is 8. The molecule has 8 nitrogen and oxygen atoms in total. The molecule has 0 heterocycles. The molecular formula is C11H16O8. The molecule has 0 N–H and O–H groups in total. The first kappa shape index (κ1) is 17.0. The van der Waals surface area contributed by atoms with Crippen molar-refractivity contribution in [1.29, 1.82) is 0 Å². The number of esters is 3. The van der Waals surface area contributed by atoms with Crippen molar-refractivity contribution in [2.45, 2.75) is 26.9 Å². The summed E-state index contributed by atoms with van der Waals surface area (Å²) in [4.78, 5) is 43.8. The number of hydrogen-bond acceptors (Lipinski definition) is 8. The van der Waals surface area contributed by atoms with E-state index in [1.165, 1.54) is 6.92 Å². The first-order valence-corrected chi connectivity index (χ1v) is 5.50. The molecular weight excluding hydrogens is 260 g/mol. The van der Waals surface area contributed by atoms with Crippen molar-refractivity contribution >= 4 is 23.7 Å². The molecule has 0 aliphatic rings. The van der Waals surface area contributed by atoms with E-state index in [2.05, 4.69) is 14.2 Å². The second kappa shape index (κ2) is 9.03. The van der Waals surface area contributed by atoms with Crippen LogP contribution in [0.4, 0.5) is 0 Å². The minimum absolute atomic E-state index is 0.234. The highest BCUT2D eigenvalue weighted by atomic mass is 16.7. The standard InChI is InChI=1S/C11H16O8/c1-4-16-6-18-9(13)5-17-11(15)8(3)19-10(14)7(2)12/h8H,4-6H2,1-3H3. The number of Topliss-reactive ketones (excluding diaryl/α,β-unsaturated/α-hetero) is 1. The predicted molar refractivity (Wildman–Crippen MR) is 59.8 cm³/mol. The maximum absolute atomic E-state index is 11.3. The Morgan fingerprint density at radius 3 is 2.26 bits per heavy atom. The molecule has 19 heavy (non-hydrogen) atoms. The normalized spacial score (nSPS) is 11.3. The largest absolute Gasteiger partial charge is 0.451 e. The summed E-state index contributed by atoms with van der Waals surface area (Å²) < 4.78 is 18.3. The Morgan fingerprint density at radius 2 is 1.74 bits per heavy atom. The zero-order valence-electron chi connectivity index (χ0n) is 11.0. The molecule has 0 rings (SSSR count). The Hall–Kier alpha value is -1.96. The van der Waals surface area contributed by atoms with Crippen molar-refractivity contribution in [1.82, 2.24) is 0 Å². The summed E-state index contributed by atoms with van der Waals surface area (Å²) in [5.74, 6) is -3.74. The highest BCUT2D eigenvalue weighted by molar-refractivity contribution is 6.32. The van der Waals surface area contributed by atoms with Gasteiger partial charge in [-0.2, -0.15) is 0 Å². The van der Waals surface area contributed by atoms with E-state index in [4.69, 9.17) is 4.74 Å². The lowest BCUT2D eigenvalue weighted by molar-refractivity contribution is -0.175. The Morgan fingerprint density at radius 1 is 1.11 bits per heavy atom. The third-order valence-corrected chi connectivity index (χ3v) is 1.74. The van der Waals surface area contributed by atoms with E-state index >= 15 is 0 Å². The van der Waals surface area contributed by atoms with Crippen LogP contribution in [-0.4, -0.2) is 49.8 Å². The molecule has 0 saturated heterocycles. The quantitative estimate of drug-likeness (QED) is 0.194. The van der Waals surface area contributed by atoms with Gasteiger partial charge < -0.3 is 18.9 Å². The van der Waals surface area contributed by atoms with Crippen LogP contribution < -0.4 is 0 Å². The van der Waals surface area contributed by atoms with Gasteiger partial charge in [-0.25, -0.2) is 14.4 Å². The predicted octanol–water partition coefficient (Wildman–Crippen LogP) is -0.412. The van der Waals surface area contributed by atoms with Crippen molar-refractivity contribution in [3.05, 3.63) is 0 Å². The van der Waals surface area contributed by atoms with Gasteiger partial charge in [-0.15, -0.1) is 0 Å². The Labute approximate surface area is 109 Å². The molecule has 0 radical (unpaired) electrons. The van der Waals surface area contributed by atoms with Crippen LogP contribution >= 0.6 is 0 Å². The van der Waals surface area contributed by atoms with Crippen molar-refractivity contribution in [3.8, 4) is 0 Å². The van der Waals surface area contributed by atoms with Gasteiger partial charge in [0.05, 0.1) is 0 Å². The lowest BCUT2D eigenvalue weighted by Gasteiger charge is -2.11. The molecule has 0 fully saturated rings. The van der Waals surface area contributed by atoms with Crippen LogP contribution in [0.5, 0.6) is 0 Å². The van der Waals surface area contributed by atoms with Crippen LogP contribution in [0.1, 0.15) is 20.8 Å². The van der Waals surface area contributed by atoms with Crippen LogP contribution in [-0.2, 0) is 38.1 Å². The maximum atomic E-state index is 11.3. The van der Waals surface area contributed by atoms with Gasteiger partial charge in [0.25, 0.3) is 0 Å². The van der Waals surface area contributed by atoms with E-state index in [1.54, 1.807) is 6.92 Å². The Balaban J connectivity index is 3.93. The number of ether oxygens (including phenoxy) is 4. The zero-order valence-corrected chi connectivity index (χ0v) is 11.0. The molecule has 108 valence electrons. The lowest BCUT2D eigenvalue weighted by Crippen LogP contribution is -2.30. The summed E-state index contributed by atoms with van der Waals surface area (Å²) in [6, 6.07) is 0. The average molecular weight is 276 g/mol. The lowest BCUT2D eigenvalue weighted by atomic mass is 10.4. The monoisotopic (exact) mass is 276 g/mol. The smallest absolute Gasteiger partial charge is 0.375 e. The molecule has 0 saturated carbocycles. The number of carbonyl (C=O) groups excluding carboxylic acids is 4. The molecule has 0 aliphatic heterocycles.